The molecule has 1 heterocycles. The highest BCUT2D eigenvalue weighted by molar-refractivity contribution is 5.76. The number of carbonyl (C=O) groups excluding carboxylic acids is 1. The number of benzene rings is 1. The Morgan fingerprint density at radius 2 is 2.00 bits per heavy atom. The molecule has 1 aromatic heterocycles. The van der Waals surface area contributed by atoms with Crippen LogP contribution in [0.15, 0.2) is 46.9 Å². The van der Waals surface area contributed by atoms with E-state index in [1.54, 1.807) is 0 Å². The van der Waals surface area contributed by atoms with E-state index >= 15 is 0 Å². The molecule has 1 saturated carbocycles. The molecule has 1 amide bonds. The van der Waals surface area contributed by atoms with E-state index in [-0.39, 0.29) is 11.9 Å². The third kappa shape index (κ3) is 3.59. The smallest absolute Gasteiger partial charge is 0.220 e. The van der Waals surface area contributed by atoms with Gasteiger partial charge in [-0.3, -0.25) is 4.79 Å². The molecule has 116 valence electrons. The summed E-state index contributed by atoms with van der Waals surface area (Å²) in [6.07, 6.45) is 2.35. The van der Waals surface area contributed by atoms with Crippen LogP contribution < -0.4 is 5.32 Å². The van der Waals surface area contributed by atoms with Gasteiger partial charge in [0.05, 0.1) is 6.04 Å². The molecular formula is C19H23NO2. The number of aryl methyl sites for hydroxylation is 1. The Balaban J connectivity index is 1.47. The van der Waals surface area contributed by atoms with E-state index in [1.165, 1.54) is 6.42 Å². The molecule has 1 aromatic carbocycles. The molecule has 3 unspecified atom stereocenters. The minimum absolute atomic E-state index is 0.0353. The van der Waals surface area contributed by atoms with Crippen LogP contribution >= 0.6 is 0 Å². The van der Waals surface area contributed by atoms with E-state index in [4.69, 9.17) is 4.42 Å². The Kier molecular flexibility index (Phi) is 4.32. The van der Waals surface area contributed by atoms with Crippen LogP contribution in [-0.2, 0) is 11.2 Å². The molecule has 22 heavy (non-hydrogen) atoms. The standard InChI is InChI=1S/C19H23NO2/c1-13-12-17(13)18-10-8-16(22-18)9-11-19(21)20-14(2)15-6-4-3-5-7-15/h3-8,10,13-14,17H,9,11-12H2,1-2H3,(H,20,21). The summed E-state index contributed by atoms with van der Waals surface area (Å²) in [7, 11) is 0. The molecule has 0 saturated heterocycles. The van der Waals surface area contributed by atoms with Crippen molar-refractivity contribution >= 4 is 5.91 Å². The molecule has 3 rings (SSSR count). The van der Waals surface area contributed by atoms with Gasteiger partial charge in [0.15, 0.2) is 0 Å². The number of carbonyl (C=O) groups is 1. The van der Waals surface area contributed by atoms with Crippen LogP contribution in [0, 0.1) is 5.92 Å². The maximum Gasteiger partial charge on any atom is 0.220 e. The molecule has 1 aliphatic carbocycles. The summed E-state index contributed by atoms with van der Waals surface area (Å²) in [5.74, 6) is 3.40. The lowest BCUT2D eigenvalue weighted by atomic mass is 10.1. The fourth-order valence-corrected chi connectivity index (χ4v) is 2.82. The zero-order valence-corrected chi connectivity index (χ0v) is 13.2. The first kappa shape index (κ1) is 14.9. The van der Waals surface area contributed by atoms with Gasteiger partial charge in [-0.1, -0.05) is 37.3 Å². The van der Waals surface area contributed by atoms with Gasteiger partial charge in [-0.05, 0) is 37.0 Å². The Morgan fingerprint density at radius 3 is 2.68 bits per heavy atom. The van der Waals surface area contributed by atoms with Gasteiger partial charge in [0.2, 0.25) is 5.91 Å². The Labute approximate surface area is 131 Å². The fraction of sp³-hybridized carbons (Fsp3) is 0.421. The van der Waals surface area contributed by atoms with Gasteiger partial charge >= 0.3 is 0 Å². The van der Waals surface area contributed by atoms with Crippen molar-refractivity contribution in [1.82, 2.24) is 5.32 Å². The Hall–Kier alpha value is -2.03. The highest BCUT2D eigenvalue weighted by atomic mass is 16.3. The second-order valence-corrected chi connectivity index (χ2v) is 6.32. The van der Waals surface area contributed by atoms with Crippen molar-refractivity contribution in [2.24, 2.45) is 5.92 Å². The van der Waals surface area contributed by atoms with Crippen molar-refractivity contribution in [1.29, 1.82) is 0 Å². The molecule has 0 spiro atoms. The average molecular weight is 297 g/mol. The van der Waals surface area contributed by atoms with Crippen LogP contribution in [0.3, 0.4) is 0 Å². The summed E-state index contributed by atoms with van der Waals surface area (Å²) in [5.41, 5.74) is 1.12. The molecule has 3 nitrogen and oxygen atoms in total. The van der Waals surface area contributed by atoms with Gasteiger partial charge in [-0.25, -0.2) is 0 Å². The van der Waals surface area contributed by atoms with E-state index in [9.17, 15) is 4.79 Å². The normalized spacial score (nSPS) is 21.4. The lowest BCUT2D eigenvalue weighted by Crippen LogP contribution is -2.26. The molecule has 0 radical (unpaired) electrons. The van der Waals surface area contributed by atoms with Crippen molar-refractivity contribution < 1.29 is 9.21 Å². The van der Waals surface area contributed by atoms with Crippen LogP contribution in [0.25, 0.3) is 0 Å². The molecule has 3 heteroatoms. The summed E-state index contributed by atoms with van der Waals surface area (Å²) < 4.78 is 5.84. The molecule has 2 aromatic rings. The maximum absolute atomic E-state index is 12.1. The molecule has 1 fully saturated rings. The van der Waals surface area contributed by atoms with Crippen molar-refractivity contribution in [3.05, 3.63) is 59.5 Å². The van der Waals surface area contributed by atoms with Gasteiger partial charge in [-0.15, -0.1) is 0 Å². The van der Waals surface area contributed by atoms with Crippen molar-refractivity contribution in [2.45, 2.75) is 45.1 Å². The lowest BCUT2D eigenvalue weighted by Gasteiger charge is -2.13. The lowest BCUT2D eigenvalue weighted by molar-refractivity contribution is -0.121. The monoisotopic (exact) mass is 297 g/mol. The summed E-state index contributed by atoms with van der Waals surface area (Å²) in [4.78, 5) is 12.1. The summed E-state index contributed by atoms with van der Waals surface area (Å²) >= 11 is 0. The molecule has 3 atom stereocenters. The highest BCUT2D eigenvalue weighted by Gasteiger charge is 2.36. The van der Waals surface area contributed by atoms with Crippen LogP contribution in [0.4, 0.5) is 0 Å². The highest BCUT2D eigenvalue weighted by Crippen LogP contribution is 2.47. The number of hydrogen-bond donors (Lipinski definition) is 1. The topological polar surface area (TPSA) is 42.2 Å². The van der Waals surface area contributed by atoms with E-state index in [0.29, 0.717) is 18.8 Å². The van der Waals surface area contributed by atoms with Crippen LogP contribution in [0.2, 0.25) is 0 Å². The molecule has 1 aliphatic rings. The number of amides is 1. The molecule has 0 aliphatic heterocycles. The van der Waals surface area contributed by atoms with E-state index in [0.717, 1.165) is 23.0 Å². The van der Waals surface area contributed by atoms with Crippen molar-refractivity contribution in [3.8, 4) is 0 Å². The predicted octanol–water partition coefficient (Wildman–Crippen LogP) is 4.21. The van der Waals surface area contributed by atoms with Crippen LogP contribution in [-0.4, -0.2) is 5.91 Å². The van der Waals surface area contributed by atoms with Crippen LogP contribution in [0.5, 0.6) is 0 Å². The quantitative estimate of drug-likeness (QED) is 0.867. The Bertz CT molecular complexity index is 632. The summed E-state index contributed by atoms with van der Waals surface area (Å²) in [6, 6.07) is 14.1. The first-order valence-corrected chi connectivity index (χ1v) is 8.06. The molecule has 0 bridgehead atoms. The minimum atomic E-state index is 0.0353. The minimum Gasteiger partial charge on any atom is -0.466 e. The van der Waals surface area contributed by atoms with Gasteiger partial charge in [0, 0.05) is 18.8 Å². The first-order chi connectivity index (χ1) is 10.6. The van der Waals surface area contributed by atoms with Gasteiger partial charge in [0.25, 0.3) is 0 Å². The fourth-order valence-electron chi connectivity index (χ4n) is 2.82. The Morgan fingerprint density at radius 1 is 1.27 bits per heavy atom. The van der Waals surface area contributed by atoms with Crippen molar-refractivity contribution in [3.63, 3.8) is 0 Å². The van der Waals surface area contributed by atoms with Gasteiger partial charge < -0.3 is 9.73 Å². The zero-order chi connectivity index (χ0) is 15.5. The second kappa shape index (κ2) is 6.39. The molecular weight excluding hydrogens is 274 g/mol. The van der Waals surface area contributed by atoms with Crippen LogP contribution in [0.1, 0.15) is 55.7 Å². The number of furan rings is 1. The third-order valence-electron chi connectivity index (χ3n) is 4.43. The van der Waals surface area contributed by atoms with E-state index in [2.05, 4.69) is 18.3 Å². The number of rotatable bonds is 6. The van der Waals surface area contributed by atoms with E-state index in [1.807, 2.05) is 43.3 Å². The third-order valence-corrected chi connectivity index (χ3v) is 4.43. The maximum atomic E-state index is 12.1. The first-order valence-electron chi connectivity index (χ1n) is 8.06. The number of nitrogens with one attached hydrogen (secondary N) is 1. The predicted molar refractivity (Wildman–Crippen MR) is 86.6 cm³/mol. The molecule has 1 N–H and O–H groups in total. The zero-order valence-electron chi connectivity index (χ0n) is 13.2. The van der Waals surface area contributed by atoms with Gasteiger partial charge in [0.1, 0.15) is 11.5 Å². The second-order valence-electron chi connectivity index (χ2n) is 6.32. The van der Waals surface area contributed by atoms with E-state index < -0.39 is 0 Å². The van der Waals surface area contributed by atoms with Gasteiger partial charge in [-0.2, -0.15) is 0 Å². The summed E-state index contributed by atoms with van der Waals surface area (Å²) in [6.45, 7) is 4.25. The number of hydrogen-bond acceptors (Lipinski definition) is 2. The van der Waals surface area contributed by atoms with Crippen molar-refractivity contribution in [2.75, 3.05) is 0 Å². The largest absolute Gasteiger partial charge is 0.466 e. The SMILES string of the molecule is CC(NC(=O)CCc1ccc(C2CC2C)o1)c1ccccc1. The average Bonchev–Trinajstić information content (AvgIpc) is 3.08. The summed E-state index contributed by atoms with van der Waals surface area (Å²) in [5, 5.41) is 3.03.